The maximum absolute atomic E-state index is 13.6. The minimum absolute atomic E-state index is 0.0133. The van der Waals surface area contributed by atoms with Gasteiger partial charge < -0.3 is 8.92 Å². The van der Waals surface area contributed by atoms with Crippen LogP contribution in [-0.4, -0.2) is 20.8 Å². The average Bonchev–Trinajstić information content (AvgIpc) is 2.50. The van der Waals surface area contributed by atoms with E-state index < -0.39 is 39.8 Å². The van der Waals surface area contributed by atoms with Crippen LogP contribution in [0, 0.1) is 5.82 Å². The van der Waals surface area contributed by atoms with E-state index in [-0.39, 0.29) is 15.2 Å². The van der Waals surface area contributed by atoms with Gasteiger partial charge in [0, 0.05) is 9.86 Å². The van der Waals surface area contributed by atoms with Crippen molar-refractivity contribution in [3.8, 4) is 11.5 Å². The molecule has 0 aliphatic heterocycles. The van der Waals surface area contributed by atoms with Gasteiger partial charge in [0.15, 0.2) is 11.6 Å². The Labute approximate surface area is 148 Å². The third kappa shape index (κ3) is 4.72. The minimum atomic E-state index is -5.85. The Morgan fingerprint density at radius 2 is 1.76 bits per heavy atom. The van der Waals surface area contributed by atoms with Gasteiger partial charge in [-0.1, -0.05) is 19.9 Å². The summed E-state index contributed by atoms with van der Waals surface area (Å²) in [5.74, 6) is -2.02. The molecule has 0 aromatic heterocycles. The van der Waals surface area contributed by atoms with Crippen molar-refractivity contribution >= 4 is 36.8 Å². The van der Waals surface area contributed by atoms with Crippen molar-refractivity contribution in [3.05, 3.63) is 34.6 Å². The Morgan fingerprint density at radius 1 is 1.16 bits per heavy atom. The lowest BCUT2D eigenvalue weighted by Gasteiger charge is -2.13. The number of hydrogen-bond donors (Lipinski definition) is 0. The van der Waals surface area contributed by atoms with Gasteiger partial charge in [-0.05, 0) is 39.5 Å². The fraction of sp³-hybridized carbons (Fsp3) is 0.286. The highest BCUT2D eigenvalue weighted by Crippen LogP contribution is 2.38. The molecule has 0 saturated carbocycles. The zero-order chi connectivity index (χ0) is 19.4. The second kappa shape index (κ2) is 8.17. The normalized spacial score (nSPS) is 11.7. The molecule has 2 aromatic rings. The number of halogens is 6. The lowest BCUT2D eigenvalue weighted by atomic mass is 10.1. The molecule has 4 nitrogen and oxygen atoms in total. The van der Waals surface area contributed by atoms with Gasteiger partial charge in [-0.15, -0.1) is 0 Å². The quantitative estimate of drug-likeness (QED) is 0.360. The highest BCUT2D eigenvalue weighted by Gasteiger charge is 2.48. The topological polar surface area (TPSA) is 52.6 Å². The van der Waals surface area contributed by atoms with Gasteiger partial charge in [0.05, 0.1) is 0 Å². The van der Waals surface area contributed by atoms with E-state index >= 15 is 0 Å². The zero-order valence-corrected chi connectivity index (χ0v) is 15.2. The van der Waals surface area contributed by atoms with Crippen molar-refractivity contribution < 1.29 is 39.3 Å². The molecule has 11 heteroatoms. The maximum atomic E-state index is 13.6. The number of alkyl halides is 4. The Kier molecular flexibility index (Phi) is 7.00. The lowest BCUT2D eigenvalue weighted by molar-refractivity contribution is -0.0500. The largest absolute Gasteiger partial charge is 0.534 e. The van der Waals surface area contributed by atoms with Crippen LogP contribution in [0.1, 0.15) is 13.8 Å². The molecule has 0 spiro atoms. The summed E-state index contributed by atoms with van der Waals surface area (Å²) in [6.07, 6.45) is 0. The van der Waals surface area contributed by atoms with Crippen molar-refractivity contribution in [3.63, 3.8) is 0 Å². The third-order valence-electron chi connectivity index (χ3n) is 2.64. The van der Waals surface area contributed by atoms with Crippen molar-refractivity contribution in [2.75, 3.05) is 6.86 Å². The van der Waals surface area contributed by atoms with Crippen LogP contribution in [0.4, 0.5) is 22.0 Å². The van der Waals surface area contributed by atoms with E-state index in [1.807, 2.05) is 13.8 Å². The molecule has 0 saturated heterocycles. The molecule has 0 fully saturated rings. The number of ether oxygens (including phenoxy) is 1. The molecule has 2 aromatic carbocycles. The molecule has 2 rings (SSSR count). The zero-order valence-electron chi connectivity index (χ0n) is 12.8. The van der Waals surface area contributed by atoms with E-state index in [1.165, 1.54) is 0 Å². The summed E-state index contributed by atoms with van der Waals surface area (Å²) in [4.78, 5) is 0. The summed E-state index contributed by atoms with van der Waals surface area (Å²) in [5.41, 5.74) is -5.60. The molecule has 0 bridgehead atoms. The Balaban J connectivity index is 0.00000151. The first-order valence-corrected chi connectivity index (χ1v) is 8.88. The summed E-state index contributed by atoms with van der Waals surface area (Å²) in [5, 5.41) is 0.0935. The summed E-state index contributed by atoms with van der Waals surface area (Å²) < 4.78 is 93.4. The fourth-order valence-corrected chi connectivity index (χ4v) is 2.83. The molecular weight excluding hydrogens is 439 g/mol. The van der Waals surface area contributed by atoms with Gasteiger partial charge in [-0.3, -0.25) is 0 Å². The molecule has 140 valence electrons. The first kappa shape index (κ1) is 21.4. The van der Waals surface area contributed by atoms with Gasteiger partial charge >= 0.3 is 15.6 Å². The predicted octanol–water partition coefficient (Wildman–Crippen LogP) is 5.30. The summed E-state index contributed by atoms with van der Waals surface area (Å²) in [6.45, 7) is 2.67. The molecule has 0 heterocycles. The van der Waals surface area contributed by atoms with Gasteiger partial charge in [-0.2, -0.15) is 21.6 Å². The first-order valence-electron chi connectivity index (χ1n) is 6.68. The second-order valence-corrected chi connectivity index (χ2v) is 6.51. The molecule has 0 N–H and O–H groups in total. The number of hydrogen-bond acceptors (Lipinski definition) is 4. The summed E-state index contributed by atoms with van der Waals surface area (Å²) >= 11 is 2.94. The molecule has 0 aliphatic carbocycles. The smallest absolute Gasteiger partial charge is 0.459 e. The Bertz CT molecular complexity index is 852. The van der Waals surface area contributed by atoms with Crippen LogP contribution in [0.5, 0.6) is 11.5 Å². The van der Waals surface area contributed by atoms with E-state index in [1.54, 1.807) is 0 Å². The lowest BCUT2D eigenvalue weighted by Crippen LogP contribution is -2.28. The SMILES string of the molecule is CC.O=S(=O)(Oc1cc(Br)c2c(OCF)c(F)ccc2c1)C(F)(F)F. The van der Waals surface area contributed by atoms with Crippen LogP contribution in [-0.2, 0) is 10.1 Å². The first-order chi connectivity index (χ1) is 11.6. The monoisotopic (exact) mass is 450 g/mol. The van der Waals surface area contributed by atoms with Gasteiger partial charge in [-0.25, -0.2) is 8.78 Å². The van der Waals surface area contributed by atoms with Crippen molar-refractivity contribution in [2.24, 2.45) is 0 Å². The van der Waals surface area contributed by atoms with Crippen LogP contribution < -0.4 is 8.92 Å². The van der Waals surface area contributed by atoms with Gasteiger partial charge in [0.25, 0.3) is 0 Å². The molecule has 0 radical (unpaired) electrons. The second-order valence-electron chi connectivity index (χ2n) is 4.12. The third-order valence-corrected chi connectivity index (χ3v) is 4.24. The van der Waals surface area contributed by atoms with Gasteiger partial charge in [0.1, 0.15) is 5.75 Å². The maximum Gasteiger partial charge on any atom is 0.534 e. The number of rotatable bonds is 4. The molecule has 0 atom stereocenters. The standard InChI is InChI=1S/C12H6BrF5O4S.C2H6/c13-8-4-7(22-23(19,20)12(16,17)18)3-6-1-2-9(15)11(10(6)8)21-5-14;1-2/h1-4H,5H2;1-2H3. The minimum Gasteiger partial charge on any atom is -0.459 e. The molecule has 0 aliphatic rings. The average molecular weight is 451 g/mol. The van der Waals surface area contributed by atoms with Crippen LogP contribution in [0.3, 0.4) is 0 Å². The van der Waals surface area contributed by atoms with Crippen LogP contribution in [0.2, 0.25) is 0 Å². The van der Waals surface area contributed by atoms with Crippen molar-refractivity contribution in [1.82, 2.24) is 0 Å². The number of benzene rings is 2. The molecule has 0 amide bonds. The van der Waals surface area contributed by atoms with Crippen LogP contribution in [0.25, 0.3) is 10.8 Å². The summed E-state index contributed by atoms with van der Waals surface area (Å²) in [7, 11) is -5.85. The predicted molar refractivity (Wildman–Crippen MR) is 85.2 cm³/mol. The van der Waals surface area contributed by atoms with Gasteiger partial charge in [0.2, 0.25) is 6.86 Å². The Hall–Kier alpha value is -1.62. The van der Waals surface area contributed by atoms with Crippen LogP contribution in [0.15, 0.2) is 28.7 Å². The molecule has 0 unspecified atom stereocenters. The van der Waals surface area contributed by atoms with E-state index in [0.29, 0.717) is 0 Å². The molecule has 25 heavy (non-hydrogen) atoms. The van der Waals surface area contributed by atoms with E-state index in [2.05, 4.69) is 24.8 Å². The highest BCUT2D eigenvalue weighted by molar-refractivity contribution is 9.10. The molecular formula is C14H12BrF5O4S. The highest BCUT2D eigenvalue weighted by atomic mass is 79.9. The van der Waals surface area contributed by atoms with Crippen LogP contribution >= 0.6 is 15.9 Å². The Morgan fingerprint density at radius 3 is 2.28 bits per heavy atom. The van der Waals surface area contributed by atoms with Crippen molar-refractivity contribution in [2.45, 2.75) is 19.4 Å². The van der Waals surface area contributed by atoms with Crippen molar-refractivity contribution in [1.29, 1.82) is 0 Å². The number of fused-ring (bicyclic) bond motifs is 1. The van der Waals surface area contributed by atoms with E-state index in [9.17, 15) is 30.4 Å². The van der Waals surface area contributed by atoms with E-state index in [4.69, 9.17) is 0 Å². The van der Waals surface area contributed by atoms with E-state index in [0.717, 1.165) is 24.3 Å². The fourth-order valence-electron chi connectivity index (χ4n) is 1.75. The summed E-state index contributed by atoms with van der Waals surface area (Å²) in [6, 6.07) is 3.83.